The molecule has 0 radical (unpaired) electrons. The van der Waals surface area contributed by atoms with Gasteiger partial charge < -0.3 is 20.9 Å². The van der Waals surface area contributed by atoms with Gasteiger partial charge in [0.05, 0.1) is 5.39 Å². The van der Waals surface area contributed by atoms with E-state index >= 15 is 0 Å². The summed E-state index contributed by atoms with van der Waals surface area (Å²) in [4.78, 5) is 23.8. The number of aromatic amines is 1. The van der Waals surface area contributed by atoms with Gasteiger partial charge in [0.15, 0.2) is 0 Å². The summed E-state index contributed by atoms with van der Waals surface area (Å²) >= 11 is 0. The second-order valence-electron chi connectivity index (χ2n) is 6.17. The molecule has 2 aromatic rings. The van der Waals surface area contributed by atoms with Crippen molar-refractivity contribution in [2.24, 2.45) is 5.73 Å². The first-order valence-corrected chi connectivity index (χ1v) is 8.39. The molecule has 7 nitrogen and oxygen atoms in total. The van der Waals surface area contributed by atoms with E-state index in [-0.39, 0.29) is 0 Å². The Labute approximate surface area is 149 Å². The minimum absolute atomic E-state index is 0.636. The van der Waals surface area contributed by atoms with E-state index in [1.54, 1.807) is 6.33 Å². The fourth-order valence-electron chi connectivity index (χ4n) is 2.97. The van der Waals surface area contributed by atoms with Crippen LogP contribution in [0.25, 0.3) is 11.0 Å². The smallest absolute Gasteiger partial charge is 0.356 e. The van der Waals surface area contributed by atoms with Crippen LogP contribution in [0.5, 0.6) is 0 Å². The molecule has 0 unspecified atom stereocenters. The molecular weight excluding hydrogens is 349 g/mol. The number of fused-ring (bicyclic) bond motifs is 1. The second-order valence-corrected chi connectivity index (χ2v) is 6.17. The van der Waals surface area contributed by atoms with E-state index in [0.29, 0.717) is 6.04 Å². The number of H-pyrrole nitrogens is 1. The predicted octanol–water partition coefficient (Wildman–Crippen LogP) is 2.94. The second kappa shape index (κ2) is 8.72. The first-order chi connectivity index (χ1) is 12.3. The van der Waals surface area contributed by atoms with Gasteiger partial charge in [-0.1, -0.05) is 19.3 Å². The van der Waals surface area contributed by atoms with Crippen LogP contribution in [0.2, 0.25) is 0 Å². The number of anilines is 1. The molecule has 0 aromatic carbocycles. The molecule has 1 fully saturated rings. The molecule has 0 atom stereocenters. The maximum Gasteiger partial charge on any atom is 0.405 e. The summed E-state index contributed by atoms with van der Waals surface area (Å²) < 4.78 is 33.4. The molecule has 1 aliphatic rings. The maximum atomic E-state index is 11.1. The summed E-state index contributed by atoms with van der Waals surface area (Å²) in [7, 11) is 2.16. The number of nitrogens with zero attached hydrogens (tertiary/aromatic N) is 3. The molecule has 0 bridgehead atoms. The molecule has 4 N–H and O–H groups in total. The Hall–Kier alpha value is -2.52. The van der Waals surface area contributed by atoms with Crippen LogP contribution in [0.4, 0.5) is 23.8 Å². The van der Waals surface area contributed by atoms with Crippen molar-refractivity contribution in [2.75, 3.05) is 18.5 Å². The Kier molecular flexibility index (Phi) is 6.64. The minimum Gasteiger partial charge on any atom is -0.356 e. The lowest BCUT2D eigenvalue weighted by molar-refractivity contribution is -0.122. The van der Waals surface area contributed by atoms with Gasteiger partial charge in [-0.2, -0.15) is 13.2 Å². The number of carbonyl (C=O) groups excluding carboxylic acids is 1. The number of alkyl halides is 3. The van der Waals surface area contributed by atoms with Crippen molar-refractivity contribution >= 4 is 22.9 Å². The van der Waals surface area contributed by atoms with Crippen molar-refractivity contribution < 1.29 is 18.0 Å². The van der Waals surface area contributed by atoms with Gasteiger partial charge in [0.2, 0.25) is 0 Å². The first kappa shape index (κ1) is 19.8. The number of nitrogens with one attached hydrogen (secondary N) is 2. The third-order valence-electron chi connectivity index (χ3n) is 4.25. The lowest BCUT2D eigenvalue weighted by atomic mass is 9.94. The van der Waals surface area contributed by atoms with Gasteiger partial charge in [-0.3, -0.25) is 0 Å². The molecule has 2 aromatic heterocycles. The average Bonchev–Trinajstić information content (AvgIpc) is 3.09. The van der Waals surface area contributed by atoms with Crippen LogP contribution in [-0.4, -0.2) is 46.8 Å². The fourth-order valence-corrected chi connectivity index (χ4v) is 2.97. The number of amides is 2. The zero-order valence-corrected chi connectivity index (χ0v) is 14.5. The summed E-state index contributed by atoms with van der Waals surface area (Å²) in [6.07, 6.45) is 5.83. The number of halogens is 3. The highest BCUT2D eigenvalue weighted by Gasteiger charge is 2.27. The first-order valence-electron chi connectivity index (χ1n) is 8.39. The summed E-state index contributed by atoms with van der Waals surface area (Å²) in [6.45, 7) is -1.37. The van der Waals surface area contributed by atoms with Gasteiger partial charge in [-0.15, -0.1) is 0 Å². The van der Waals surface area contributed by atoms with Crippen molar-refractivity contribution in [3.8, 4) is 0 Å². The van der Waals surface area contributed by atoms with Gasteiger partial charge >= 0.3 is 12.2 Å². The van der Waals surface area contributed by atoms with Gasteiger partial charge in [-0.05, 0) is 18.9 Å². The van der Waals surface area contributed by atoms with E-state index in [4.69, 9.17) is 0 Å². The number of primary amides is 1. The SMILES string of the molecule is CN(c1ncnc2[nH]ccc12)C1CCCCC1.NC(=O)NCC(F)(F)F. The van der Waals surface area contributed by atoms with E-state index in [1.165, 1.54) is 37.4 Å². The van der Waals surface area contributed by atoms with E-state index in [9.17, 15) is 18.0 Å². The summed E-state index contributed by atoms with van der Waals surface area (Å²) in [6, 6.07) is 1.52. The normalized spacial score (nSPS) is 15.2. The number of rotatable bonds is 3. The quantitative estimate of drug-likeness (QED) is 0.771. The summed E-state index contributed by atoms with van der Waals surface area (Å²) in [5.74, 6) is 1.06. The number of carbonyl (C=O) groups is 1. The standard InChI is InChI=1S/C13H18N4.C3H5F3N2O/c1-17(10-5-3-2-4-6-10)13-11-7-8-14-12(11)15-9-16-13;4-3(5,6)1-8-2(7)9/h7-10H,2-6H2,1H3,(H,14,15,16);1H2,(H3,7,8,9). The zero-order valence-electron chi connectivity index (χ0n) is 14.5. The Morgan fingerprint density at radius 2 is 2.04 bits per heavy atom. The van der Waals surface area contributed by atoms with Crippen molar-refractivity contribution in [1.29, 1.82) is 0 Å². The predicted molar refractivity (Wildman–Crippen MR) is 92.8 cm³/mol. The Morgan fingerprint density at radius 3 is 2.62 bits per heavy atom. The van der Waals surface area contributed by atoms with Gasteiger partial charge in [0.1, 0.15) is 24.3 Å². The largest absolute Gasteiger partial charge is 0.405 e. The van der Waals surface area contributed by atoms with E-state index < -0.39 is 18.8 Å². The third-order valence-corrected chi connectivity index (χ3v) is 4.25. The number of aromatic nitrogens is 3. The molecule has 1 saturated carbocycles. The highest BCUT2D eigenvalue weighted by molar-refractivity contribution is 5.87. The Balaban J connectivity index is 0.000000232. The van der Waals surface area contributed by atoms with Gasteiger partial charge in [0, 0.05) is 19.3 Å². The van der Waals surface area contributed by atoms with Crippen molar-refractivity contribution in [3.63, 3.8) is 0 Å². The maximum absolute atomic E-state index is 11.1. The molecule has 144 valence electrons. The summed E-state index contributed by atoms with van der Waals surface area (Å²) in [5.41, 5.74) is 5.28. The van der Waals surface area contributed by atoms with Crippen molar-refractivity contribution in [2.45, 2.75) is 44.3 Å². The highest BCUT2D eigenvalue weighted by atomic mass is 19.4. The minimum atomic E-state index is -4.38. The van der Waals surface area contributed by atoms with Crippen LogP contribution in [-0.2, 0) is 0 Å². The highest BCUT2D eigenvalue weighted by Crippen LogP contribution is 2.28. The Morgan fingerprint density at radius 1 is 1.35 bits per heavy atom. The molecule has 0 aliphatic heterocycles. The molecule has 3 rings (SSSR count). The van der Waals surface area contributed by atoms with Crippen molar-refractivity contribution in [3.05, 3.63) is 18.6 Å². The number of nitrogens with two attached hydrogens (primary N) is 1. The molecule has 1 aliphatic carbocycles. The van der Waals surface area contributed by atoms with E-state index in [1.807, 2.05) is 6.20 Å². The average molecular weight is 372 g/mol. The van der Waals surface area contributed by atoms with Crippen LogP contribution < -0.4 is 16.0 Å². The molecule has 2 amide bonds. The van der Waals surface area contributed by atoms with Crippen molar-refractivity contribution in [1.82, 2.24) is 20.3 Å². The molecule has 0 spiro atoms. The molecule has 2 heterocycles. The van der Waals surface area contributed by atoms with Gasteiger partial charge in [0.25, 0.3) is 0 Å². The van der Waals surface area contributed by atoms with Crippen LogP contribution in [0.3, 0.4) is 0 Å². The number of hydrogen-bond donors (Lipinski definition) is 3. The van der Waals surface area contributed by atoms with Crippen LogP contribution in [0, 0.1) is 0 Å². The van der Waals surface area contributed by atoms with E-state index in [2.05, 4.69) is 38.7 Å². The molecule has 10 heteroatoms. The Bertz CT molecular complexity index is 711. The molecule has 26 heavy (non-hydrogen) atoms. The van der Waals surface area contributed by atoms with Crippen LogP contribution in [0.15, 0.2) is 18.6 Å². The number of urea groups is 1. The third kappa shape index (κ3) is 5.78. The van der Waals surface area contributed by atoms with Gasteiger partial charge in [-0.25, -0.2) is 14.8 Å². The number of hydrogen-bond acceptors (Lipinski definition) is 4. The van der Waals surface area contributed by atoms with Crippen LogP contribution >= 0.6 is 0 Å². The molecular formula is C16H23F3N6O. The molecule has 0 saturated heterocycles. The monoisotopic (exact) mass is 372 g/mol. The zero-order chi connectivity index (χ0) is 19.2. The van der Waals surface area contributed by atoms with Crippen LogP contribution in [0.1, 0.15) is 32.1 Å². The lowest BCUT2D eigenvalue weighted by Gasteiger charge is -2.32. The van der Waals surface area contributed by atoms with E-state index in [0.717, 1.165) is 16.9 Å². The fraction of sp³-hybridized carbons (Fsp3) is 0.562. The lowest BCUT2D eigenvalue weighted by Crippen LogP contribution is -2.37. The summed E-state index contributed by atoms with van der Waals surface area (Å²) in [5, 5.41) is 2.52. The topological polar surface area (TPSA) is 99.9 Å².